The molecule has 82 valence electrons. The maximum absolute atomic E-state index is 10.8. The van der Waals surface area contributed by atoms with Crippen LogP contribution in [0.4, 0.5) is 0 Å². The highest BCUT2D eigenvalue weighted by Crippen LogP contribution is 2.15. The van der Waals surface area contributed by atoms with Crippen LogP contribution in [0.1, 0.15) is 12.8 Å². The van der Waals surface area contributed by atoms with Crippen LogP contribution in [0, 0.1) is 0 Å². The van der Waals surface area contributed by atoms with E-state index < -0.39 is 17.2 Å². The first kappa shape index (κ1) is 12.0. The lowest BCUT2D eigenvalue weighted by molar-refractivity contribution is 0.136. The van der Waals surface area contributed by atoms with Gasteiger partial charge in [0, 0.05) is 0 Å². The van der Waals surface area contributed by atoms with Crippen LogP contribution >= 0.6 is 0 Å². The third kappa shape index (κ3) is 3.95. The maximum atomic E-state index is 10.8. The van der Waals surface area contributed by atoms with Crippen molar-refractivity contribution in [3.05, 3.63) is 0 Å². The molecule has 0 spiro atoms. The van der Waals surface area contributed by atoms with Crippen molar-refractivity contribution < 1.29 is 17.6 Å². The zero-order valence-electron chi connectivity index (χ0n) is 8.51. The van der Waals surface area contributed by atoms with Crippen molar-refractivity contribution in [3.63, 3.8) is 0 Å². The summed E-state index contributed by atoms with van der Waals surface area (Å²) in [4.78, 5) is 1.89. The molecule has 0 amide bonds. The fourth-order valence-electron chi connectivity index (χ4n) is 1.59. The molecule has 0 aromatic carbocycles. The number of piperidine rings is 1. The molecule has 1 heterocycles. The van der Waals surface area contributed by atoms with Crippen molar-refractivity contribution in [3.8, 4) is 0 Å². The van der Waals surface area contributed by atoms with E-state index >= 15 is 0 Å². The first-order valence-electron chi connectivity index (χ1n) is 4.69. The van der Waals surface area contributed by atoms with Crippen LogP contribution < -0.4 is 0 Å². The van der Waals surface area contributed by atoms with E-state index in [2.05, 4.69) is 0 Å². The van der Waals surface area contributed by atoms with Gasteiger partial charge in [0.05, 0.1) is 12.4 Å². The predicted octanol–water partition coefficient (Wildman–Crippen LogP) is -0.463. The second kappa shape index (κ2) is 4.61. The summed E-state index contributed by atoms with van der Waals surface area (Å²) in [7, 11) is -3.81. The standard InChI is InChI=1S/C7H16BNO4S/c1-8(10)9-5-3-7(4-6-9)13-14(2,11)12/h7,10H,3-6H2,1-2H3. The van der Waals surface area contributed by atoms with E-state index in [4.69, 9.17) is 4.18 Å². The Morgan fingerprint density at radius 2 is 1.93 bits per heavy atom. The Morgan fingerprint density at radius 1 is 1.43 bits per heavy atom. The Hall–Kier alpha value is -0.105. The highest BCUT2D eigenvalue weighted by atomic mass is 32.2. The van der Waals surface area contributed by atoms with Crippen molar-refractivity contribution in [2.45, 2.75) is 25.8 Å². The van der Waals surface area contributed by atoms with Crippen LogP contribution in [0.25, 0.3) is 0 Å². The van der Waals surface area contributed by atoms with Crippen LogP contribution in [-0.4, -0.2) is 50.8 Å². The molecule has 1 aliphatic rings. The molecule has 7 heteroatoms. The Bertz CT molecular complexity index is 271. The van der Waals surface area contributed by atoms with Crippen LogP contribution in [-0.2, 0) is 14.3 Å². The molecule has 5 nitrogen and oxygen atoms in total. The molecule has 1 saturated heterocycles. The molecule has 1 fully saturated rings. The lowest BCUT2D eigenvalue weighted by atomic mass is 9.82. The third-order valence-corrected chi connectivity index (χ3v) is 2.94. The summed E-state index contributed by atoms with van der Waals surface area (Å²) in [6.45, 7) is 3.06. The lowest BCUT2D eigenvalue weighted by Gasteiger charge is -2.31. The minimum atomic E-state index is -3.34. The monoisotopic (exact) mass is 221 g/mol. The van der Waals surface area contributed by atoms with Gasteiger partial charge in [-0.05, 0) is 32.8 Å². The van der Waals surface area contributed by atoms with E-state index in [-0.39, 0.29) is 6.10 Å². The highest BCUT2D eigenvalue weighted by molar-refractivity contribution is 7.86. The molecule has 1 N–H and O–H groups in total. The summed E-state index contributed by atoms with van der Waals surface area (Å²) >= 11 is 0. The number of hydrogen-bond donors (Lipinski definition) is 1. The highest BCUT2D eigenvalue weighted by Gasteiger charge is 2.26. The lowest BCUT2D eigenvalue weighted by Crippen LogP contribution is -2.45. The average Bonchev–Trinajstić information content (AvgIpc) is 2.02. The van der Waals surface area contributed by atoms with Gasteiger partial charge in [-0.25, -0.2) is 0 Å². The molecular weight excluding hydrogens is 205 g/mol. The topological polar surface area (TPSA) is 66.8 Å². The predicted molar refractivity (Wildman–Crippen MR) is 54.4 cm³/mol. The molecule has 0 radical (unpaired) electrons. The molecule has 0 atom stereocenters. The molecule has 0 aliphatic carbocycles. The number of hydrogen-bond acceptors (Lipinski definition) is 5. The van der Waals surface area contributed by atoms with Gasteiger partial charge in [-0.15, -0.1) is 0 Å². The quantitative estimate of drug-likeness (QED) is 0.515. The smallest absolute Gasteiger partial charge is 0.376 e. The van der Waals surface area contributed by atoms with Crippen LogP contribution in [0.5, 0.6) is 0 Å². The molecular formula is C7H16BNO4S. The Kier molecular flexibility index (Phi) is 3.94. The second-order valence-corrected chi connectivity index (χ2v) is 5.27. The van der Waals surface area contributed by atoms with Gasteiger partial charge in [0.2, 0.25) is 0 Å². The van der Waals surface area contributed by atoms with Crippen molar-refractivity contribution >= 4 is 17.2 Å². The minimum absolute atomic E-state index is 0.222. The van der Waals surface area contributed by atoms with Crippen molar-refractivity contribution in [2.75, 3.05) is 19.3 Å². The fourth-order valence-corrected chi connectivity index (χ4v) is 2.28. The second-order valence-electron chi connectivity index (χ2n) is 3.67. The Morgan fingerprint density at radius 3 is 2.29 bits per heavy atom. The largest absolute Gasteiger partial charge is 0.437 e. The molecule has 0 bridgehead atoms. The summed E-state index contributed by atoms with van der Waals surface area (Å²) in [6, 6.07) is 0. The van der Waals surface area contributed by atoms with Gasteiger partial charge in [0.1, 0.15) is 0 Å². The van der Waals surface area contributed by atoms with Gasteiger partial charge in [-0.2, -0.15) is 8.42 Å². The first-order valence-corrected chi connectivity index (χ1v) is 6.50. The molecule has 1 aliphatic heterocycles. The van der Waals surface area contributed by atoms with Gasteiger partial charge >= 0.3 is 7.05 Å². The molecule has 14 heavy (non-hydrogen) atoms. The molecule has 0 aromatic heterocycles. The Labute approximate surface area is 85.3 Å². The Balaban J connectivity index is 2.36. The van der Waals surface area contributed by atoms with Gasteiger partial charge in [-0.3, -0.25) is 4.18 Å². The van der Waals surface area contributed by atoms with E-state index in [1.807, 2.05) is 4.81 Å². The molecule has 0 saturated carbocycles. The summed E-state index contributed by atoms with van der Waals surface area (Å²) in [6.07, 6.45) is 2.14. The summed E-state index contributed by atoms with van der Waals surface area (Å²) in [5, 5.41) is 9.26. The normalized spacial score (nSPS) is 21.1. The molecule has 0 unspecified atom stereocenters. The van der Waals surface area contributed by atoms with Gasteiger partial charge in [0.15, 0.2) is 0 Å². The molecule has 0 aromatic rings. The summed E-state index contributed by atoms with van der Waals surface area (Å²) in [5.41, 5.74) is 0. The fraction of sp³-hybridized carbons (Fsp3) is 1.00. The van der Waals surface area contributed by atoms with Crippen LogP contribution in [0.3, 0.4) is 0 Å². The van der Waals surface area contributed by atoms with Crippen molar-refractivity contribution in [2.24, 2.45) is 0 Å². The summed E-state index contributed by atoms with van der Waals surface area (Å²) < 4.78 is 26.5. The van der Waals surface area contributed by atoms with Crippen molar-refractivity contribution in [1.82, 2.24) is 4.81 Å². The van der Waals surface area contributed by atoms with Crippen LogP contribution in [0.2, 0.25) is 6.82 Å². The maximum Gasteiger partial charge on any atom is 0.376 e. The molecule has 1 rings (SSSR count). The van der Waals surface area contributed by atoms with Gasteiger partial charge in [-0.1, -0.05) is 0 Å². The first-order chi connectivity index (χ1) is 6.38. The number of nitrogens with zero attached hydrogens (tertiary/aromatic N) is 1. The summed E-state index contributed by atoms with van der Waals surface area (Å²) in [5.74, 6) is 0. The van der Waals surface area contributed by atoms with Gasteiger partial charge in [0.25, 0.3) is 10.1 Å². The van der Waals surface area contributed by atoms with Crippen molar-refractivity contribution in [1.29, 1.82) is 0 Å². The van der Waals surface area contributed by atoms with E-state index in [0.29, 0.717) is 25.9 Å². The van der Waals surface area contributed by atoms with E-state index in [1.54, 1.807) is 6.82 Å². The zero-order valence-corrected chi connectivity index (χ0v) is 9.33. The van der Waals surface area contributed by atoms with E-state index in [9.17, 15) is 13.4 Å². The average molecular weight is 221 g/mol. The minimum Gasteiger partial charge on any atom is -0.437 e. The van der Waals surface area contributed by atoms with Crippen LogP contribution in [0.15, 0.2) is 0 Å². The van der Waals surface area contributed by atoms with E-state index in [0.717, 1.165) is 6.26 Å². The third-order valence-electron chi connectivity index (χ3n) is 2.32. The van der Waals surface area contributed by atoms with Gasteiger partial charge < -0.3 is 9.83 Å². The SMILES string of the molecule is CB(O)N1CCC(OS(C)(=O)=O)CC1. The zero-order chi connectivity index (χ0) is 10.8. The van der Waals surface area contributed by atoms with E-state index in [1.165, 1.54) is 0 Å². The number of rotatable bonds is 3.